The van der Waals surface area contributed by atoms with Gasteiger partial charge in [0.15, 0.2) is 6.23 Å². The van der Waals surface area contributed by atoms with Gasteiger partial charge in [-0.15, -0.1) is 0 Å². The van der Waals surface area contributed by atoms with Crippen LogP contribution in [0.4, 0.5) is 16.3 Å². The fourth-order valence-electron chi connectivity index (χ4n) is 4.28. The second kappa shape index (κ2) is 9.99. The molecular formula is C27H24ClN5O4. The number of nitrogens with one attached hydrogen (secondary N) is 2. The van der Waals surface area contributed by atoms with Crippen LogP contribution in [0.15, 0.2) is 54.7 Å². The number of ether oxygens (including phenoxy) is 2. The van der Waals surface area contributed by atoms with E-state index < -0.39 is 18.4 Å². The molecule has 2 unspecified atom stereocenters. The molecule has 1 fully saturated rings. The first-order valence-corrected chi connectivity index (χ1v) is 12.2. The zero-order chi connectivity index (χ0) is 26.1. The summed E-state index contributed by atoms with van der Waals surface area (Å²) in [4.78, 5) is 30.5. The summed E-state index contributed by atoms with van der Waals surface area (Å²) in [7, 11) is 0. The predicted molar refractivity (Wildman–Crippen MR) is 138 cm³/mol. The van der Waals surface area contributed by atoms with Gasteiger partial charge in [-0.1, -0.05) is 37.6 Å². The number of amides is 2. The first kappa shape index (κ1) is 24.4. The number of fused-ring (bicyclic) bond motifs is 1. The van der Waals surface area contributed by atoms with Crippen molar-refractivity contribution in [1.82, 2.24) is 10.3 Å². The van der Waals surface area contributed by atoms with Gasteiger partial charge >= 0.3 is 6.09 Å². The summed E-state index contributed by atoms with van der Waals surface area (Å²) in [6.07, 6.45) is 0.00626. The lowest BCUT2D eigenvalue weighted by molar-refractivity contribution is 0.0916. The summed E-state index contributed by atoms with van der Waals surface area (Å²) in [5, 5.41) is 16.0. The van der Waals surface area contributed by atoms with Crippen molar-refractivity contribution in [2.24, 2.45) is 0 Å². The van der Waals surface area contributed by atoms with E-state index in [1.165, 1.54) is 11.1 Å². The Bertz CT molecular complexity index is 1390. The molecule has 5 rings (SSSR count). The average Bonchev–Trinajstić information content (AvgIpc) is 3.50. The van der Waals surface area contributed by atoms with Crippen LogP contribution < -0.4 is 20.3 Å². The van der Waals surface area contributed by atoms with Crippen LogP contribution in [0.2, 0.25) is 5.02 Å². The highest BCUT2D eigenvalue weighted by Crippen LogP contribution is 2.43. The van der Waals surface area contributed by atoms with Crippen molar-refractivity contribution in [2.45, 2.75) is 32.1 Å². The van der Waals surface area contributed by atoms with E-state index in [-0.39, 0.29) is 24.9 Å². The number of halogens is 1. The molecule has 2 aliphatic rings. The lowest BCUT2D eigenvalue weighted by Crippen LogP contribution is -2.34. The maximum Gasteiger partial charge on any atom is 0.416 e. The Morgan fingerprint density at radius 3 is 2.70 bits per heavy atom. The molecule has 2 amide bonds. The molecule has 2 aromatic carbocycles. The van der Waals surface area contributed by atoms with Crippen LogP contribution in [-0.2, 0) is 4.74 Å². The van der Waals surface area contributed by atoms with Crippen molar-refractivity contribution in [1.29, 1.82) is 5.26 Å². The van der Waals surface area contributed by atoms with Gasteiger partial charge in [-0.05, 0) is 42.3 Å². The Balaban J connectivity index is 1.19. The maximum absolute atomic E-state index is 12.7. The number of rotatable bonds is 6. The molecule has 1 aromatic heterocycles. The van der Waals surface area contributed by atoms with Gasteiger partial charge in [0.1, 0.15) is 17.7 Å². The first-order chi connectivity index (χ1) is 17.8. The monoisotopic (exact) mass is 517 g/mol. The Hall–Kier alpha value is -4.29. The molecule has 0 aliphatic carbocycles. The summed E-state index contributed by atoms with van der Waals surface area (Å²) in [5.74, 6) is 1.10. The third-order valence-corrected chi connectivity index (χ3v) is 6.44. The number of pyridine rings is 1. The third-order valence-electron chi connectivity index (χ3n) is 6.22. The van der Waals surface area contributed by atoms with E-state index in [1.807, 2.05) is 18.2 Å². The lowest BCUT2D eigenvalue weighted by Gasteiger charge is -2.14. The minimum Gasteiger partial charge on any atom is -0.464 e. The van der Waals surface area contributed by atoms with Gasteiger partial charge in [-0.2, -0.15) is 5.26 Å². The van der Waals surface area contributed by atoms with Crippen molar-refractivity contribution in [2.75, 3.05) is 23.3 Å². The predicted octanol–water partition coefficient (Wildman–Crippen LogP) is 4.99. The first-order valence-electron chi connectivity index (χ1n) is 11.8. The summed E-state index contributed by atoms with van der Waals surface area (Å²) < 4.78 is 11.5. The molecule has 2 aliphatic heterocycles. The molecule has 2 atom stereocenters. The Kier molecular flexibility index (Phi) is 6.59. The van der Waals surface area contributed by atoms with Gasteiger partial charge in [0.05, 0.1) is 35.4 Å². The molecule has 1 saturated heterocycles. The topological polar surface area (TPSA) is 117 Å². The fourth-order valence-corrected chi connectivity index (χ4v) is 4.40. The molecule has 0 spiro atoms. The van der Waals surface area contributed by atoms with Crippen LogP contribution in [0, 0.1) is 11.3 Å². The van der Waals surface area contributed by atoms with E-state index in [2.05, 4.69) is 35.5 Å². The zero-order valence-electron chi connectivity index (χ0n) is 20.2. The number of cyclic esters (lactones) is 1. The number of hydrogen-bond acceptors (Lipinski definition) is 7. The number of carbonyl (C=O) groups excluding carboxylic acids is 2. The molecule has 37 heavy (non-hydrogen) atoms. The van der Waals surface area contributed by atoms with E-state index in [0.29, 0.717) is 22.0 Å². The number of hydrogen-bond donors (Lipinski definition) is 2. The van der Waals surface area contributed by atoms with Gasteiger partial charge < -0.3 is 20.1 Å². The van der Waals surface area contributed by atoms with E-state index in [0.717, 1.165) is 22.6 Å². The third kappa shape index (κ3) is 5.01. The molecule has 188 valence electrons. The highest BCUT2D eigenvalue weighted by Gasteiger charge is 2.33. The van der Waals surface area contributed by atoms with E-state index in [4.69, 9.17) is 21.1 Å². The van der Waals surface area contributed by atoms with Crippen LogP contribution in [0.3, 0.4) is 0 Å². The van der Waals surface area contributed by atoms with Crippen molar-refractivity contribution in [3.63, 3.8) is 0 Å². The SMILES string of the molecule is CC(C)c1cc(C#N)cc2c1OC(c1ccc(C(=O)NCC3CN(c4ccc(Cl)cn4)C(=O)O3)cc1)N2. The van der Waals surface area contributed by atoms with Crippen LogP contribution in [-0.4, -0.2) is 36.2 Å². The summed E-state index contributed by atoms with van der Waals surface area (Å²) in [6, 6.07) is 16.2. The van der Waals surface area contributed by atoms with E-state index in [1.54, 1.807) is 30.3 Å². The Morgan fingerprint density at radius 2 is 2.03 bits per heavy atom. The smallest absolute Gasteiger partial charge is 0.416 e. The van der Waals surface area contributed by atoms with Gasteiger partial charge in [0.25, 0.3) is 5.91 Å². The maximum atomic E-state index is 12.7. The molecule has 0 bridgehead atoms. The van der Waals surface area contributed by atoms with E-state index in [9.17, 15) is 14.9 Å². The summed E-state index contributed by atoms with van der Waals surface area (Å²) in [5.41, 5.74) is 3.64. The van der Waals surface area contributed by atoms with Crippen LogP contribution in [0.25, 0.3) is 0 Å². The number of benzene rings is 2. The van der Waals surface area contributed by atoms with E-state index >= 15 is 0 Å². The molecule has 3 heterocycles. The zero-order valence-corrected chi connectivity index (χ0v) is 21.0. The highest BCUT2D eigenvalue weighted by molar-refractivity contribution is 6.30. The summed E-state index contributed by atoms with van der Waals surface area (Å²) >= 11 is 5.86. The van der Waals surface area contributed by atoms with Gasteiger partial charge in [-0.3, -0.25) is 9.69 Å². The fraction of sp³-hybridized carbons (Fsp3) is 0.259. The molecule has 2 N–H and O–H groups in total. The van der Waals surface area contributed by atoms with Crippen LogP contribution in [0.1, 0.15) is 53.0 Å². The quantitative estimate of drug-likeness (QED) is 0.473. The van der Waals surface area contributed by atoms with Crippen molar-refractivity contribution >= 4 is 35.1 Å². The number of nitrogens with zero attached hydrogens (tertiary/aromatic N) is 3. The lowest BCUT2D eigenvalue weighted by atomic mass is 9.99. The number of carbonyl (C=O) groups is 2. The Morgan fingerprint density at radius 1 is 1.24 bits per heavy atom. The molecule has 0 radical (unpaired) electrons. The highest BCUT2D eigenvalue weighted by atomic mass is 35.5. The largest absolute Gasteiger partial charge is 0.464 e. The van der Waals surface area contributed by atoms with Crippen molar-refractivity contribution in [3.8, 4) is 11.8 Å². The molecule has 0 saturated carbocycles. The molecular weight excluding hydrogens is 494 g/mol. The van der Waals surface area contributed by atoms with Crippen molar-refractivity contribution < 1.29 is 19.1 Å². The minimum absolute atomic E-state index is 0.165. The molecule has 9 nitrogen and oxygen atoms in total. The standard InChI is InChI=1S/C27H24ClN5O4/c1-15(2)21-9-16(11-29)10-22-24(21)37-26(32-22)18-5-3-17(4-6-18)25(34)31-13-20-14-33(27(35)36-20)23-8-7-19(28)12-30-23/h3-10,12,15,20,26,32H,13-14H2,1-2H3,(H,31,34). The number of anilines is 2. The Labute approximate surface area is 219 Å². The van der Waals surface area contributed by atoms with Crippen LogP contribution in [0.5, 0.6) is 5.75 Å². The van der Waals surface area contributed by atoms with Crippen LogP contribution >= 0.6 is 11.6 Å². The molecule has 3 aromatic rings. The molecule has 10 heteroatoms. The minimum atomic E-state index is -0.522. The average molecular weight is 518 g/mol. The second-order valence-corrected chi connectivity index (χ2v) is 9.57. The second-order valence-electron chi connectivity index (χ2n) is 9.13. The number of aromatic nitrogens is 1. The summed E-state index contributed by atoms with van der Waals surface area (Å²) in [6.45, 7) is 4.54. The van der Waals surface area contributed by atoms with Gasteiger partial charge in [0, 0.05) is 22.9 Å². The number of nitriles is 1. The van der Waals surface area contributed by atoms with Crippen molar-refractivity contribution in [3.05, 3.63) is 82.0 Å². The van der Waals surface area contributed by atoms with Gasteiger partial charge in [-0.25, -0.2) is 9.78 Å². The normalized spacial score (nSPS) is 18.0. The van der Waals surface area contributed by atoms with Gasteiger partial charge in [0.2, 0.25) is 0 Å².